The molecule has 2 amide bonds. The summed E-state index contributed by atoms with van der Waals surface area (Å²) in [6.07, 6.45) is 1.39. The molecule has 0 radical (unpaired) electrons. The molecule has 0 aliphatic rings. The van der Waals surface area contributed by atoms with Gasteiger partial charge in [-0.1, -0.05) is 6.07 Å². The van der Waals surface area contributed by atoms with Crippen molar-refractivity contribution in [3.8, 4) is 0 Å². The predicted molar refractivity (Wildman–Crippen MR) is 75.8 cm³/mol. The van der Waals surface area contributed by atoms with E-state index in [1.165, 1.54) is 17.6 Å². The minimum Gasteiger partial charge on any atom is -0.460 e. The van der Waals surface area contributed by atoms with Gasteiger partial charge in [0, 0.05) is 0 Å². The van der Waals surface area contributed by atoms with Crippen molar-refractivity contribution in [2.75, 3.05) is 6.54 Å². The summed E-state index contributed by atoms with van der Waals surface area (Å²) in [5.74, 6) is 0.627. The van der Waals surface area contributed by atoms with Gasteiger partial charge in [0.25, 0.3) is 11.8 Å². The Bertz CT molecular complexity index is 617. The van der Waals surface area contributed by atoms with Gasteiger partial charge in [0.15, 0.2) is 0 Å². The van der Waals surface area contributed by atoms with Gasteiger partial charge in [-0.2, -0.15) is 5.10 Å². The molecular weight excluding hydrogens is 278 g/mol. The molecule has 0 saturated carbocycles. The second-order valence-corrected chi connectivity index (χ2v) is 4.85. The van der Waals surface area contributed by atoms with E-state index >= 15 is 0 Å². The van der Waals surface area contributed by atoms with Gasteiger partial charge in [0.1, 0.15) is 11.5 Å². The van der Waals surface area contributed by atoms with Crippen LogP contribution in [0.4, 0.5) is 0 Å². The van der Waals surface area contributed by atoms with Crippen molar-refractivity contribution in [2.24, 2.45) is 5.10 Å². The van der Waals surface area contributed by atoms with Crippen LogP contribution in [0.1, 0.15) is 21.2 Å². The Morgan fingerprint density at radius 1 is 1.40 bits per heavy atom. The summed E-state index contributed by atoms with van der Waals surface area (Å²) in [5, 5.41) is 8.02. The normalized spacial score (nSPS) is 10.7. The Labute approximate surface area is 119 Å². The van der Waals surface area contributed by atoms with E-state index in [2.05, 4.69) is 15.8 Å². The number of nitrogens with zero attached hydrogens (tertiary/aromatic N) is 1. The van der Waals surface area contributed by atoms with Crippen molar-refractivity contribution in [3.63, 3.8) is 0 Å². The van der Waals surface area contributed by atoms with E-state index in [-0.39, 0.29) is 12.5 Å². The summed E-state index contributed by atoms with van der Waals surface area (Å²) in [6, 6.07) is 7.00. The van der Waals surface area contributed by atoms with Crippen LogP contribution in [-0.4, -0.2) is 24.6 Å². The number of aryl methyl sites for hydroxylation is 1. The molecule has 0 aromatic carbocycles. The number of carbonyl (C=O) groups excluding carboxylic acids is 2. The zero-order chi connectivity index (χ0) is 14.4. The standard InChI is InChI=1S/C13H13N3O3S/c1-9-4-5-10(19-9)7-15-16-12(17)8-14-13(18)11-3-2-6-20-11/h2-7H,8H2,1H3,(H,14,18)(H,16,17). The maximum Gasteiger partial charge on any atom is 0.261 e. The Morgan fingerprint density at radius 2 is 2.25 bits per heavy atom. The molecule has 6 nitrogen and oxygen atoms in total. The van der Waals surface area contributed by atoms with E-state index in [4.69, 9.17) is 4.42 Å². The van der Waals surface area contributed by atoms with E-state index in [9.17, 15) is 9.59 Å². The first-order chi connectivity index (χ1) is 9.65. The van der Waals surface area contributed by atoms with Gasteiger partial charge < -0.3 is 9.73 Å². The molecule has 0 unspecified atom stereocenters. The summed E-state index contributed by atoms with van der Waals surface area (Å²) < 4.78 is 5.24. The Kier molecular flexibility index (Phi) is 4.67. The van der Waals surface area contributed by atoms with Crippen LogP contribution in [0.25, 0.3) is 0 Å². The lowest BCUT2D eigenvalue weighted by atomic mass is 10.4. The van der Waals surface area contributed by atoms with Gasteiger partial charge in [0.2, 0.25) is 0 Å². The molecule has 20 heavy (non-hydrogen) atoms. The lowest BCUT2D eigenvalue weighted by Crippen LogP contribution is -2.34. The average Bonchev–Trinajstić information content (AvgIpc) is 3.07. The molecule has 0 bridgehead atoms. The Balaban J connectivity index is 1.73. The smallest absolute Gasteiger partial charge is 0.261 e. The minimum absolute atomic E-state index is 0.134. The zero-order valence-corrected chi connectivity index (χ0v) is 11.6. The van der Waals surface area contributed by atoms with Crippen LogP contribution in [-0.2, 0) is 4.79 Å². The van der Waals surface area contributed by atoms with Crippen LogP contribution in [0.15, 0.2) is 39.2 Å². The first kappa shape index (κ1) is 14.0. The highest BCUT2D eigenvalue weighted by molar-refractivity contribution is 7.12. The molecule has 2 heterocycles. The molecule has 2 N–H and O–H groups in total. The summed E-state index contributed by atoms with van der Waals surface area (Å²) in [6.45, 7) is 1.68. The highest BCUT2D eigenvalue weighted by atomic mass is 32.1. The van der Waals surface area contributed by atoms with Crippen LogP contribution in [0.3, 0.4) is 0 Å². The molecule has 0 aliphatic heterocycles. The number of rotatable bonds is 5. The molecular formula is C13H13N3O3S. The number of carbonyl (C=O) groups is 2. The van der Waals surface area contributed by atoms with Crippen LogP contribution in [0, 0.1) is 6.92 Å². The van der Waals surface area contributed by atoms with Crippen LogP contribution in [0.2, 0.25) is 0 Å². The van der Waals surface area contributed by atoms with E-state index in [0.717, 1.165) is 5.76 Å². The number of hydrogen-bond donors (Lipinski definition) is 2. The highest BCUT2D eigenvalue weighted by Gasteiger charge is 2.07. The second kappa shape index (κ2) is 6.67. The van der Waals surface area contributed by atoms with Gasteiger partial charge in [-0.15, -0.1) is 11.3 Å². The van der Waals surface area contributed by atoms with Crippen LogP contribution < -0.4 is 10.7 Å². The second-order valence-electron chi connectivity index (χ2n) is 3.90. The molecule has 0 saturated heterocycles. The molecule has 0 spiro atoms. The number of hydrogen-bond acceptors (Lipinski definition) is 5. The third-order valence-electron chi connectivity index (χ3n) is 2.30. The van der Waals surface area contributed by atoms with Crippen molar-refractivity contribution in [2.45, 2.75) is 6.92 Å². The van der Waals surface area contributed by atoms with E-state index in [1.807, 2.05) is 6.92 Å². The van der Waals surface area contributed by atoms with Crippen LogP contribution in [0.5, 0.6) is 0 Å². The first-order valence-corrected chi connectivity index (χ1v) is 6.73. The number of thiophene rings is 1. The fourth-order valence-electron chi connectivity index (χ4n) is 1.39. The average molecular weight is 291 g/mol. The van der Waals surface area contributed by atoms with Gasteiger partial charge in [-0.25, -0.2) is 5.43 Å². The highest BCUT2D eigenvalue weighted by Crippen LogP contribution is 2.07. The Hall–Kier alpha value is -2.41. The first-order valence-electron chi connectivity index (χ1n) is 5.85. The topological polar surface area (TPSA) is 83.7 Å². The molecule has 0 fully saturated rings. The summed E-state index contributed by atoms with van der Waals surface area (Å²) in [7, 11) is 0. The zero-order valence-electron chi connectivity index (χ0n) is 10.8. The lowest BCUT2D eigenvalue weighted by molar-refractivity contribution is -0.120. The van der Waals surface area contributed by atoms with Gasteiger partial charge in [-0.3, -0.25) is 9.59 Å². The molecule has 104 valence electrons. The predicted octanol–water partition coefficient (Wildman–Crippen LogP) is 1.53. The number of nitrogens with one attached hydrogen (secondary N) is 2. The largest absolute Gasteiger partial charge is 0.460 e. The summed E-state index contributed by atoms with van der Waals surface area (Å²) in [4.78, 5) is 23.6. The van der Waals surface area contributed by atoms with Crippen molar-refractivity contribution < 1.29 is 14.0 Å². The fraction of sp³-hybridized carbons (Fsp3) is 0.154. The molecule has 7 heteroatoms. The Morgan fingerprint density at radius 3 is 2.90 bits per heavy atom. The van der Waals surface area contributed by atoms with Crippen molar-refractivity contribution >= 4 is 29.4 Å². The van der Waals surface area contributed by atoms with Gasteiger partial charge in [-0.05, 0) is 30.5 Å². The number of hydrazone groups is 1. The van der Waals surface area contributed by atoms with Crippen molar-refractivity contribution in [1.29, 1.82) is 0 Å². The van der Waals surface area contributed by atoms with E-state index in [1.54, 1.807) is 29.6 Å². The maximum atomic E-state index is 11.6. The molecule has 0 aliphatic carbocycles. The maximum absolute atomic E-state index is 11.6. The number of furan rings is 1. The van der Waals surface area contributed by atoms with E-state index < -0.39 is 5.91 Å². The van der Waals surface area contributed by atoms with Crippen molar-refractivity contribution in [3.05, 3.63) is 46.0 Å². The van der Waals surface area contributed by atoms with Gasteiger partial charge >= 0.3 is 0 Å². The fourth-order valence-corrected chi connectivity index (χ4v) is 2.03. The molecule has 2 aromatic rings. The quantitative estimate of drug-likeness (QED) is 0.647. The van der Waals surface area contributed by atoms with E-state index in [0.29, 0.717) is 10.6 Å². The summed E-state index contributed by atoms with van der Waals surface area (Å²) in [5.41, 5.74) is 2.30. The molecule has 2 rings (SSSR count). The summed E-state index contributed by atoms with van der Waals surface area (Å²) >= 11 is 1.31. The minimum atomic E-state index is -0.408. The molecule has 2 aromatic heterocycles. The monoisotopic (exact) mass is 291 g/mol. The lowest BCUT2D eigenvalue weighted by Gasteiger charge is -2.01. The SMILES string of the molecule is Cc1ccc(C=NNC(=O)CNC(=O)c2cccs2)o1. The van der Waals surface area contributed by atoms with Gasteiger partial charge in [0.05, 0.1) is 17.6 Å². The third kappa shape index (κ3) is 4.06. The van der Waals surface area contributed by atoms with Crippen molar-refractivity contribution in [1.82, 2.24) is 10.7 Å². The third-order valence-corrected chi connectivity index (χ3v) is 3.17. The number of amides is 2. The van der Waals surface area contributed by atoms with Crippen LogP contribution >= 0.6 is 11.3 Å². The molecule has 0 atom stereocenters.